The Morgan fingerprint density at radius 1 is 1.24 bits per heavy atom. The molecule has 5 nitrogen and oxygen atoms in total. The number of aliphatic carboxylic acids is 1. The fourth-order valence-electron chi connectivity index (χ4n) is 1.75. The fourth-order valence-corrected chi connectivity index (χ4v) is 1.75. The van der Waals surface area contributed by atoms with E-state index in [0.29, 0.717) is 26.3 Å². The van der Waals surface area contributed by atoms with Crippen LogP contribution in [0.4, 0.5) is 0 Å². The van der Waals surface area contributed by atoms with E-state index in [1.54, 1.807) is 11.0 Å². The van der Waals surface area contributed by atoms with E-state index in [-0.39, 0.29) is 6.54 Å². The van der Waals surface area contributed by atoms with Crippen molar-refractivity contribution in [3.05, 3.63) is 36.9 Å². The average molecular weight is 293 g/mol. The first-order chi connectivity index (χ1) is 10.2. The molecule has 21 heavy (non-hydrogen) atoms. The van der Waals surface area contributed by atoms with Gasteiger partial charge in [-0.2, -0.15) is 0 Å². The van der Waals surface area contributed by atoms with E-state index < -0.39 is 5.97 Å². The van der Waals surface area contributed by atoms with Crippen LogP contribution < -0.4 is 9.47 Å². The van der Waals surface area contributed by atoms with Crippen LogP contribution in [0.3, 0.4) is 0 Å². The molecule has 5 heteroatoms. The minimum Gasteiger partial charge on any atom is -0.494 e. The van der Waals surface area contributed by atoms with E-state index in [0.717, 1.165) is 17.9 Å². The van der Waals surface area contributed by atoms with Crippen molar-refractivity contribution in [1.29, 1.82) is 0 Å². The fraction of sp³-hybridized carbons (Fsp3) is 0.438. The number of ether oxygens (including phenoxy) is 2. The Bertz CT molecular complexity index is 430. The highest BCUT2D eigenvalue weighted by Gasteiger charge is 2.07. The van der Waals surface area contributed by atoms with Crippen molar-refractivity contribution < 1.29 is 19.4 Å². The summed E-state index contributed by atoms with van der Waals surface area (Å²) in [6.07, 6.45) is 2.66. The molecule has 0 aliphatic heterocycles. The summed E-state index contributed by atoms with van der Waals surface area (Å²) >= 11 is 0. The molecule has 0 atom stereocenters. The van der Waals surface area contributed by atoms with Crippen molar-refractivity contribution in [1.82, 2.24) is 4.90 Å². The summed E-state index contributed by atoms with van der Waals surface area (Å²) in [6, 6.07) is 7.42. The quantitative estimate of drug-likeness (QED) is 0.635. The first kappa shape index (κ1) is 17.0. The molecule has 0 saturated carbocycles. The Hall–Kier alpha value is -2.01. The number of nitrogens with zero attached hydrogens (tertiary/aromatic N) is 1. The highest BCUT2D eigenvalue weighted by molar-refractivity contribution is 5.69. The molecule has 0 aliphatic rings. The molecule has 0 aromatic heterocycles. The lowest BCUT2D eigenvalue weighted by Gasteiger charge is -2.18. The highest BCUT2D eigenvalue weighted by atomic mass is 16.5. The zero-order valence-electron chi connectivity index (χ0n) is 12.5. The molecule has 1 N–H and O–H groups in total. The van der Waals surface area contributed by atoms with E-state index in [9.17, 15) is 4.79 Å². The average Bonchev–Trinajstić information content (AvgIpc) is 2.46. The number of rotatable bonds is 11. The second-order valence-electron chi connectivity index (χ2n) is 4.59. The number of carbonyl (C=O) groups is 1. The monoisotopic (exact) mass is 293 g/mol. The second kappa shape index (κ2) is 9.83. The van der Waals surface area contributed by atoms with Crippen LogP contribution in [0.2, 0.25) is 0 Å². The predicted octanol–water partition coefficient (Wildman–Crippen LogP) is 2.43. The smallest absolute Gasteiger partial charge is 0.317 e. The molecule has 0 aliphatic carbocycles. The molecule has 0 unspecified atom stereocenters. The molecule has 0 spiro atoms. The normalized spacial score (nSPS) is 10.4. The second-order valence-corrected chi connectivity index (χ2v) is 4.59. The molecule has 1 rings (SSSR count). The summed E-state index contributed by atoms with van der Waals surface area (Å²) in [5.41, 5.74) is 0. The molecule has 0 amide bonds. The first-order valence-corrected chi connectivity index (χ1v) is 7.06. The topological polar surface area (TPSA) is 59.0 Å². The van der Waals surface area contributed by atoms with Gasteiger partial charge in [-0.1, -0.05) is 13.0 Å². The summed E-state index contributed by atoms with van der Waals surface area (Å²) in [5, 5.41) is 8.80. The molecular formula is C16H23NO4. The largest absolute Gasteiger partial charge is 0.494 e. The number of carboxylic acid groups (broad SMARTS) is 1. The van der Waals surface area contributed by atoms with Gasteiger partial charge in [0.2, 0.25) is 0 Å². The SMILES string of the molecule is C=CCN(CCOc1ccc(OCCC)cc1)CC(=O)O. The van der Waals surface area contributed by atoms with Crippen LogP contribution in [0, 0.1) is 0 Å². The van der Waals surface area contributed by atoms with E-state index in [4.69, 9.17) is 14.6 Å². The Kier molecular flexibility index (Phi) is 7.97. The van der Waals surface area contributed by atoms with Gasteiger partial charge in [-0.3, -0.25) is 9.69 Å². The van der Waals surface area contributed by atoms with E-state index in [2.05, 4.69) is 13.5 Å². The lowest BCUT2D eigenvalue weighted by atomic mass is 10.3. The number of carboxylic acids is 1. The number of hydrogen-bond donors (Lipinski definition) is 1. The van der Waals surface area contributed by atoms with Crippen LogP contribution >= 0.6 is 0 Å². The third kappa shape index (κ3) is 7.37. The van der Waals surface area contributed by atoms with Crippen molar-refractivity contribution in [3.8, 4) is 11.5 Å². The molecule has 0 radical (unpaired) electrons. The van der Waals surface area contributed by atoms with Crippen LogP contribution in [0.1, 0.15) is 13.3 Å². The Morgan fingerprint density at radius 2 is 1.81 bits per heavy atom. The predicted molar refractivity (Wildman–Crippen MR) is 82.0 cm³/mol. The van der Waals surface area contributed by atoms with Gasteiger partial charge in [-0.05, 0) is 30.7 Å². The minimum absolute atomic E-state index is 0.0147. The summed E-state index contributed by atoms with van der Waals surface area (Å²) in [6.45, 7) is 7.85. The summed E-state index contributed by atoms with van der Waals surface area (Å²) < 4.78 is 11.1. The van der Waals surface area contributed by atoms with Crippen LogP contribution in [0.25, 0.3) is 0 Å². The molecule has 1 aromatic rings. The zero-order valence-corrected chi connectivity index (χ0v) is 12.5. The van der Waals surface area contributed by atoms with Gasteiger partial charge in [0.05, 0.1) is 13.2 Å². The maximum Gasteiger partial charge on any atom is 0.317 e. The van der Waals surface area contributed by atoms with Gasteiger partial charge in [-0.15, -0.1) is 6.58 Å². The summed E-state index contributed by atoms with van der Waals surface area (Å²) in [4.78, 5) is 12.5. The standard InChI is InChI=1S/C16H23NO4/c1-3-9-17(13-16(18)19)10-12-21-15-7-5-14(6-8-15)20-11-4-2/h3,5-8H,1,4,9-13H2,2H3,(H,18,19). The first-order valence-electron chi connectivity index (χ1n) is 7.06. The zero-order chi connectivity index (χ0) is 15.5. The molecular weight excluding hydrogens is 270 g/mol. The van der Waals surface area contributed by atoms with E-state index >= 15 is 0 Å². The summed E-state index contributed by atoms with van der Waals surface area (Å²) in [5.74, 6) is 0.713. The van der Waals surface area contributed by atoms with Gasteiger partial charge in [0, 0.05) is 13.1 Å². The van der Waals surface area contributed by atoms with Gasteiger partial charge >= 0.3 is 5.97 Å². The highest BCUT2D eigenvalue weighted by Crippen LogP contribution is 2.17. The Labute approximate surface area is 125 Å². The van der Waals surface area contributed by atoms with Crippen molar-refractivity contribution in [2.75, 3.05) is 32.8 Å². The van der Waals surface area contributed by atoms with Crippen LogP contribution in [0.5, 0.6) is 11.5 Å². The van der Waals surface area contributed by atoms with Crippen molar-refractivity contribution in [3.63, 3.8) is 0 Å². The Balaban J connectivity index is 2.36. The molecule has 1 aromatic carbocycles. The van der Waals surface area contributed by atoms with Crippen molar-refractivity contribution >= 4 is 5.97 Å². The molecule has 0 heterocycles. The molecule has 0 bridgehead atoms. The Morgan fingerprint density at radius 3 is 2.29 bits per heavy atom. The van der Waals surface area contributed by atoms with Gasteiger partial charge in [0.1, 0.15) is 18.1 Å². The van der Waals surface area contributed by atoms with Crippen LogP contribution in [-0.2, 0) is 4.79 Å². The third-order valence-electron chi connectivity index (χ3n) is 2.72. The molecule has 0 fully saturated rings. The molecule has 116 valence electrons. The summed E-state index contributed by atoms with van der Waals surface area (Å²) in [7, 11) is 0. The minimum atomic E-state index is -0.853. The maximum atomic E-state index is 10.7. The third-order valence-corrected chi connectivity index (χ3v) is 2.72. The van der Waals surface area contributed by atoms with Crippen LogP contribution in [-0.4, -0.2) is 48.8 Å². The van der Waals surface area contributed by atoms with Gasteiger partial charge in [0.25, 0.3) is 0 Å². The number of benzene rings is 1. The number of hydrogen-bond acceptors (Lipinski definition) is 4. The van der Waals surface area contributed by atoms with Crippen molar-refractivity contribution in [2.45, 2.75) is 13.3 Å². The van der Waals surface area contributed by atoms with Crippen molar-refractivity contribution in [2.24, 2.45) is 0 Å². The van der Waals surface area contributed by atoms with Crippen LogP contribution in [0.15, 0.2) is 36.9 Å². The van der Waals surface area contributed by atoms with E-state index in [1.165, 1.54) is 0 Å². The van der Waals surface area contributed by atoms with Gasteiger partial charge in [0.15, 0.2) is 0 Å². The molecule has 0 saturated heterocycles. The maximum absolute atomic E-state index is 10.7. The lowest BCUT2D eigenvalue weighted by Crippen LogP contribution is -2.33. The lowest BCUT2D eigenvalue weighted by molar-refractivity contribution is -0.138. The van der Waals surface area contributed by atoms with Gasteiger partial charge < -0.3 is 14.6 Å². The van der Waals surface area contributed by atoms with E-state index in [1.807, 2.05) is 24.3 Å². The van der Waals surface area contributed by atoms with Gasteiger partial charge in [-0.25, -0.2) is 0 Å².